The minimum absolute atomic E-state index is 0. The first-order valence-corrected chi connectivity index (χ1v) is 9.60. The van der Waals surface area contributed by atoms with Gasteiger partial charge in [-0.3, -0.25) is 0 Å². The van der Waals surface area contributed by atoms with Gasteiger partial charge in [-0.15, -0.1) is 24.0 Å². The van der Waals surface area contributed by atoms with Gasteiger partial charge in [0, 0.05) is 44.4 Å². The van der Waals surface area contributed by atoms with E-state index in [-0.39, 0.29) is 30.1 Å². The number of methoxy groups -OCH3 is 2. The van der Waals surface area contributed by atoms with E-state index in [1.807, 2.05) is 25.7 Å². The minimum Gasteiger partial charge on any atom is -0.496 e. The number of carbonyl (C=O) groups is 1. The highest BCUT2D eigenvalue weighted by atomic mass is 127. The van der Waals surface area contributed by atoms with Gasteiger partial charge in [-0.1, -0.05) is 0 Å². The SMILES string of the molecule is COc1cc(OC)cc(OCCN=C(N)N2CCN(C(=O)OC(C)(C)C)CC2)c1.I. The second kappa shape index (κ2) is 11.9. The Bertz CT molecular complexity index is 693. The van der Waals surface area contributed by atoms with Crippen LogP contribution in [0.25, 0.3) is 0 Å². The van der Waals surface area contributed by atoms with Crippen molar-refractivity contribution in [1.29, 1.82) is 0 Å². The van der Waals surface area contributed by atoms with Gasteiger partial charge >= 0.3 is 6.09 Å². The van der Waals surface area contributed by atoms with Gasteiger partial charge in [0.15, 0.2) is 5.96 Å². The summed E-state index contributed by atoms with van der Waals surface area (Å²) in [5.74, 6) is 2.40. The molecule has 1 aromatic rings. The first-order chi connectivity index (χ1) is 13.7. The maximum atomic E-state index is 12.1. The summed E-state index contributed by atoms with van der Waals surface area (Å²) in [5.41, 5.74) is 5.59. The third-order valence-corrected chi connectivity index (χ3v) is 4.21. The zero-order valence-electron chi connectivity index (χ0n) is 18.3. The van der Waals surface area contributed by atoms with E-state index >= 15 is 0 Å². The number of rotatable bonds is 6. The predicted octanol–water partition coefficient (Wildman–Crippen LogP) is 2.57. The van der Waals surface area contributed by atoms with Gasteiger partial charge in [0.05, 0.1) is 20.8 Å². The van der Waals surface area contributed by atoms with Crippen molar-refractivity contribution >= 4 is 36.0 Å². The molecule has 0 bridgehead atoms. The lowest BCUT2D eigenvalue weighted by atomic mass is 10.2. The van der Waals surface area contributed by atoms with Gasteiger partial charge in [-0.05, 0) is 20.8 Å². The molecule has 1 aliphatic heterocycles. The lowest BCUT2D eigenvalue weighted by Crippen LogP contribution is -2.53. The largest absolute Gasteiger partial charge is 0.496 e. The van der Waals surface area contributed by atoms with Crippen LogP contribution in [0.3, 0.4) is 0 Å². The summed E-state index contributed by atoms with van der Waals surface area (Å²) < 4.78 is 21.6. The first-order valence-electron chi connectivity index (χ1n) is 9.60. The quantitative estimate of drug-likeness (QED) is 0.258. The van der Waals surface area contributed by atoms with Gasteiger partial charge in [0.2, 0.25) is 0 Å². The van der Waals surface area contributed by atoms with E-state index in [0.29, 0.717) is 62.5 Å². The van der Waals surface area contributed by atoms with Crippen LogP contribution in [0.4, 0.5) is 4.79 Å². The maximum Gasteiger partial charge on any atom is 0.410 e. The molecule has 0 unspecified atom stereocenters. The van der Waals surface area contributed by atoms with Crippen molar-refractivity contribution in [3.05, 3.63) is 18.2 Å². The topological polar surface area (TPSA) is 98.8 Å². The molecular formula is C20H33IN4O5. The Morgan fingerprint density at radius 2 is 1.50 bits per heavy atom. The predicted molar refractivity (Wildman–Crippen MR) is 126 cm³/mol. The van der Waals surface area contributed by atoms with Gasteiger partial charge in [-0.2, -0.15) is 0 Å². The van der Waals surface area contributed by atoms with Crippen molar-refractivity contribution in [1.82, 2.24) is 9.80 Å². The van der Waals surface area contributed by atoms with Crippen LogP contribution in [-0.4, -0.2) is 81.0 Å². The van der Waals surface area contributed by atoms with E-state index in [2.05, 4.69) is 4.99 Å². The van der Waals surface area contributed by atoms with Crippen molar-refractivity contribution in [2.45, 2.75) is 26.4 Å². The second-order valence-corrected chi connectivity index (χ2v) is 7.59. The normalized spacial score (nSPS) is 14.6. The van der Waals surface area contributed by atoms with E-state index < -0.39 is 5.60 Å². The fraction of sp³-hybridized carbons (Fsp3) is 0.600. The summed E-state index contributed by atoms with van der Waals surface area (Å²) in [6.45, 7) is 8.68. The Hall–Kier alpha value is -2.11. The molecule has 2 N–H and O–H groups in total. The second-order valence-electron chi connectivity index (χ2n) is 7.59. The van der Waals surface area contributed by atoms with E-state index in [1.54, 1.807) is 37.3 Å². The van der Waals surface area contributed by atoms with E-state index in [9.17, 15) is 4.79 Å². The fourth-order valence-electron chi connectivity index (χ4n) is 2.73. The number of nitrogens with zero attached hydrogens (tertiary/aromatic N) is 3. The number of hydrogen-bond donors (Lipinski definition) is 1. The third kappa shape index (κ3) is 8.33. The Labute approximate surface area is 195 Å². The van der Waals surface area contributed by atoms with Gasteiger partial charge in [0.25, 0.3) is 0 Å². The first kappa shape index (κ1) is 25.9. The fourth-order valence-corrected chi connectivity index (χ4v) is 2.73. The number of carbonyl (C=O) groups excluding carboxylic acids is 1. The Kier molecular flexibility index (Phi) is 10.3. The van der Waals surface area contributed by atoms with Crippen LogP contribution < -0.4 is 19.9 Å². The molecule has 30 heavy (non-hydrogen) atoms. The number of hydrogen-bond acceptors (Lipinski definition) is 6. The standard InChI is InChI=1S/C20H32N4O5.HI/c1-20(2,3)29-19(25)24-9-7-23(8-10-24)18(21)22-6-11-28-17-13-15(26-4)12-16(14-17)27-5;/h12-14H,6-11H2,1-5H3,(H2,21,22);1H. The number of piperazine rings is 1. The van der Waals surface area contributed by atoms with Crippen LogP contribution in [0.5, 0.6) is 17.2 Å². The number of nitrogens with two attached hydrogens (primary N) is 1. The highest BCUT2D eigenvalue weighted by molar-refractivity contribution is 14.0. The number of benzene rings is 1. The van der Waals surface area contributed by atoms with Gasteiger partial charge in [-0.25, -0.2) is 9.79 Å². The number of halogens is 1. The molecule has 1 saturated heterocycles. The summed E-state index contributed by atoms with van der Waals surface area (Å²) in [6, 6.07) is 5.34. The highest BCUT2D eigenvalue weighted by Gasteiger charge is 2.26. The maximum absolute atomic E-state index is 12.1. The molecule has 0 atom stereocenters. The number of amides is 1. The van der Waals surface area contributed by atoms with Crippen LogP contribution in [-0.2, 0) is 4.74 Å². The van der Waals surface area contributed by atoms with Gasteiger partial charge < -0.3 is 34.5 Å². The van der Waals surface area contributed by atoms with Crippen molar-refractivity contribution in [3.8, 4) is 17.2 Å². The summed E-state index contributed by atoms with van der Waals surface area (Å²) >= 11 is 0. The molecule has 0 radical (unpaired) electrons. The highest BCUT2D eigenvalue weighted by Crippen LogP contribution is 2.27. The molecule has 0 aliphatic carbocycles. The molecule has 2 rings (SSSR count). The molecule has 1 amide bonds. The molecule has 0 aromatic heterocycles. The molecule has 1 heterocycles. The molecule has 1 aliphatic rings. The molecule has 1 aromatic carbocycles. The molecule has 1 fully saturated rings. The summed E-state index contributed by atoms with van der Waals surface area (Å²) in [4.78, 5) is 20.1. The van der Waals surface area contributed by atoms with Crippen molar-refractivity contribution in [3.63, 3.8) is 0 Å². The van der Waals surface area contributed by atoms with Crippen molar-refractivity contribution in [2.75, 3.05) is 53.6 Å². The molecule has 170 valence electrons. The van der Waals surface area contributed by atoms with Crippen molar-refractivity contribution in [2.24, 2.45) is 10.7 Å². The zero-order chi connectivity index (χ0) is 21.4. The van der Waals surface area contributed by atoms with Crippen LogP contribution in [0.15, 0.2) is 23.2 Å². The summed E-state index contributed by atoms with van der Waals surface area (Å²) in [6.07, 6.45) is -0.297. The van der Waals surface area contributed by atoms with Crippen LogP contribution in [0.2, 0.25) is 0 Å². The van der Waals surface area contributed by atoms with Crippen LogP contribution >= 0.6 is 24.0 Å². The molecular weight excluding hydrogens is 503 g/mol. The average Bonchev–Trinajstić information content (AvgIpc) is 2.69. The number of guanidine groups is 1. The molecule has 0 saturated carbocycles. The number of ether oxygens (including phenoxy) is 4. The van der Waals surface area contributed by atoms with Crippen molar-refractivity contribution < 1.29 is 23.7 Å². The zero-order valence-corrected chi connectivity index (χ0v) is 20.7. The molecule has 9 nitrogen and oxygen atoms in total. The molecule has 10 heteroatoms. The van der Waals surface area contributed by atoms with Crippen LogP contribution in [0, 0.1) is 0 Å². The summed E-state index contributed by atoms with van der Waals surface area (Å²) in [7, 11) is 3.18. The third-order valence-electron chi connectivity index (χ3n) is 4.21. The lowest BCUT2D eigenvalue weighted by Gasteiger charge is -2.36. The lowest BCUT2D eigenvalue weighted by molar-refractivity contribution is 0.0186. The summed E-state index contributed by atoms with van der Waals surface area (Å²) in [5, 5.41) is 0. The molecule has 0 spiro atoms. The monoisotopic (exact) mass is 536 g/mol. The van der Waals surface area contributed by atoms with Gasteiger partial charge in [0.1, 0.15) is 29.5 Å². The van der Waals surface area contributed by atoms with Crippen LogP contribution in [0.1, 0.15) is 20.8 Å². The van der Waals surface area contributed by atoms with E-state index in [4.69, 9.17) is 24.7 Å². The smallest absolute Gasteiger partial charge is 0.410 e. The van der Waals surface area contributed by atoms with E-state index in [1.165, 1.54) is 0 Å². The minimum atomic E-state index is -0.499. The average molecular weight is 536 g/mol. The Morgan fingerprint density at radius 3 is 2.00 bits per heavy atom. The Morgan fingerprint density at radius 1 is 1.00 bits per heavy atom. The van der Waals surface area contributed by atoms with E-state index in [0.717, 1.165) is 0 Å². The Balaban J connectivity index is 0.00000450. The number of aliphatic imine (C=N–C) groups is 1.